The Bertz CT molecular complexity index is 1470. The van der Waals surface area contributed by atoms with E-state index in [1.165, 1.54) is 22.9 Å². The van der Waals surface area contributed by atoms with Crippen LogP contribution in [0, 0.1) is 6.92 Å². The summed E-state index contributed by atoms with van der Waals surface area (Å²) >= 11 is 1.66. The Morgan fingerprint density at radius 1 is 1.16 bits per heavy atom. The van der Waals surface area contributed by atoms with Crippen LogP contribution in [0.4, 0.5) is 0 Å². The van der Waals surface area contributed by atoms with Crippen molar-refractivity contribution in [2.75, 3.05) is 24.4 Å². The van der Waals surface area contributed by atoms with Gasteiger partial charge in [0.05, 0.1) is 18.8 Å². The molecule has 7 nitrogen and oxygen atoms in total. The van der Waals surface area contributed by atoms with Gasteiger partial charge in [0.15, 0.2) is 0 Å². The largest absolute Gasteiger partial charge is 0.494 e. The van der Waals surface area contributed by atoms with Crippen molar-refractivity contribution in [1.82, 2.24) is 4.98 Å². The fourth-order valence-corrected chi connectivity index (χ4v) is 7.15. The smallest absolute Gasteiger partial charge is 0.303 e. The molecule has 200 valence electrons. The van der Waals surface area contributed by atoms with Crippen molar-refractivity contribution in [3.8, 4) is 22.8 Å². The number of hydrogen-bond donors (Lipinski definition) is 1. The zero-order valence-electron chi connectivity index (χ0n) is 21.5. The zero-order valence-corrected chi connectivity index (χ0v) is 23.1. The number of carbonyl (C=O) groups is 1. The summed E-state index contributed by atoms with van der Waals surface area (Å²) in [5, 5.41) is 9.16. The molecule has 0 amide bonds. The fraction of sp³-hybridized carbons (Fsp3) is 0.379. The molecular weight excluding hydrogens is 522 g/mol. The quantitative estimate of drug-likeness (QED) is 0.324. The van der Waals surface area contributed by atoms with Crippen molar-refractivity contribution >= 4 is 27.6 Å². The molecule has 1 aliphatic heterocycles. The number of aliphatic carboxylic acids is 1. The van der Waals surface area contributed by atoms with E-state index in [1.54, 1.807) is 18.0 Å². The molecule has 2 atom stereocenters. The van der Waals surface area contributed by atoms with Crippen molar-refractivity contribution in [3.05, 3.63) is 70.9 Å². The lowest BCUT2D eigenvalue weighted by Gasteiger charge is -2.17. The summed E-state index contributed by atoms with van der Waals surface area (Å²) in [5.74, 6) is 1.39. The highest BCUT2D eigenvalue weighted by molar-refractivity contribution is 7.99. The topological polar surface area (TPSA) is 103 Å². The van der Waals surface area contributed by atoms with Gasteiger partial charge in [0.2, 0.25) is 5.88 Å². The molecule has 38 heavy (non-hydrogen) atoms. The van der Waals surface area contributed by atoms with Gasteiger partial charge in [-0.05, 0) is 71.7 Å². The average Bonchev–Trinajstić information content (AvgIpc) is 3.45. The van der Waals surface area contributed by atoms with Gasteiger partial charge >= 0.3 is 5.97 Å². The second kappa shape index (κ2) is 11.0. The number of aryl methyl sites for hydroxylation is 1. The van der Waals surface area contributed by atoms with Crippen LogP contribution in [0.2, 0.25) is 0 Å². The number of rotatable bonds is 10. The van der Waals surface area contributed by atoms with Crippen LogP contribution in [0.1, 0.15) is 53.5 Å². The van der Waals surface area contributed by atoms with E-state index in [2.05, 4.69) is 36.2 Å². The van der Waals surface area contributed by atoms with Crippen molar-refractivity contribution in [3.63, 3.8) is 0 Å². The highest BCUT2D eigenvalue weighted by Crippen LogP contribution is 2.44. The van der Waals surface area contributed by atoms with Gasteiger partial charge in [-0.15, -0.1) is 11.8 Å². The first-order valence-electron chi connectivity index (χ1n) is 12.7. The summed E-state index contributed by atoms with van der Waals surface area (Å²) in [7, 11) is -2.98. The summed E-state index contributed by atoms with van der Waals surface area (Å²) in [6.07, 6.45) is 5.28. The number of carboxylic acid groups (broad SMARTS) is 1. The number of fused-ring (bicyclic) bond motifs is 2. The lowest BCUT2D eigenvalue weighted by molar-refractivity contribution is -0.137. The maximum absolute atomic E-state index is 11.3. The Hall–Kier alpha value is -3.04. The summed E-state index contributed by atoms with van der Waals surface area (Å²) < 4.78 is 34.8. The van der Waals surface area contributed by atoms with Crippen LogP contribution >= 0.6 is 11.8 Å². The number of sulfone groups is 1. The molecular formula is C29H31NO6S2. The molecule has 1 N–H and O–H groups in total. The van der Waals surface area contributed by atoms with Gasteiger partial charge in [0.1, 0.15) is 21.7 Å². The molecule has 2 heterocycles. The van der Waals surface area contributed by atoms with Crippen LogP contribution in [-0.4, -0.2) is 48.8 Å². The van der Waals surface area contributed by atoms with Gasteiger partial charge in [-0.3, -0.25) is 4.79 Å². The molecule has 0 saturated carbocycles. The Balaban J connectivity index is 1.29. The first kappa shape index (κ1) is 26.6. The van der Waals surface area contributed by atoms with Gasteiger partial charge in [0.25, 0.3) is 0 Å². The minimum atomic E-state index is -2.98. The summed E-state index contributed by atoms with van der Waals surface area (Å²) in [4.78, 5) is 16.7. The van der Waals surface area contributed by atoms with Gasteiger partial charge in [-0.25, -0.2) is 13.4 Å². The SMILES string of the molecule is Cc1cc(OCCCS(C)(=O)=O)ccc1-c1cccc2c1CCC2Oc1cc2c(cn1)C(CC(=O)O)CS2. The molecule has 5 rings (SSSR count). The van der Waals surface area contributed by atoms with Crippen LogP contribution < -0.4 is 9.47 Å². The number of hydrogen-bond acceptors (Lipinski definition) is 7. The van der Waals surface area contributed by atoms with Crippen LogP contribution in [0.15, 0.2) is 53.6 Å². The van der Waals surface area contributed by atoms with Crippen molar-refractivity contribution < 1.29 is 27.8 Å². The number of aromatic nitrogens is 1. The molecule has 3 aromatic rings. The Morgan fingerprint density at radius 3 is 2.76 bits per heavy atom. The van der Waals surface area contributed by atoms with E-state index in [0.29, 0.717) is 18.9 Å². The molecule has 0 fully saturated rings. The molecule has 1 aromatic heterocycles. The normalized spacial score (nSPS) is 18.2. The number of benzene rings is 2. The van der Waals surface area contributed by atoms with Crippen LogP contribution in [0.25, 0.3) is 11.1 Å². The van der Waals surface area contributed by atoms with Gasteiger partial charge in [-0.2, -0.15) is 0 Å². The predicted molar refractivity (Wildman–Crippen MR) is 148 cm³/mol. The molecule has 0 bridgehead atoms. The van der Waals surface area contributed by atoms with E-state index in [1.807, 2.05) is 18.2 Å². The molecule has 1 aliphatic carbocycles. The van der Waals surface area contributed by atoms with Gasteiger partial charge in [0, 0.05) is 35.1 Å². The summed E-state index contributed by atoms with van der Waals surface area (Å²) in [6, 6.07) is 14.3. The minimum absolute atomic E-state index is 0.00340. The van der Waals surface area contributed by atoms with Crippen LogP contribution in [0.3, 0.4) is 0 Å². The third kappa shape index (κ3) is 5.99. The standard InChI is InChI=1S/C29H31NO6S2/c1-18-13-20(35-11-4-12-38(2,33)34)7-8-21(18)22-5-3-6-24-23(22)9-10-26(24)36-28-15-27-25(16-30-28)19(17-37-27)14-29(31)32/h3,5-8,13,15-16,19,26H,4,9-12,14,17H2,1-2H3,(H,31,32). The minimum Gasteiger partial charge on any atom is -0.494 e. The number of carboxylic acids is 1. The highest BCUT2D eigenvalue weighted by atomic mass is 32.2. The molecule has 2 unspecified atom stereocenters. The summed E-state index contributed by atoms with van der Waals surface area (Å²) in [5.41, 5.74) is 6.86. The van der Waals surface area contributed by atoms with E-state index in [9.17, 15) is 13.2 Å². The number of nitrogens with zero attached hydrogens (tertiary/aromatic N) is 1. The van der Waals surface area contributed by atoms with E-state index >= 15 is 0 Å². The van der Waals surface area contributed by atoms with Gasteiger partial charge < -0.3 is 14.6 Å². The maximum atomic E-state index is 11.3. The lowest BCUT2D eigenvalue weighted by Crippen LogP contribution is -2.08. The van der Waals surface area contributed by atoms with Crippen molar-refractivity contribution in [1.29, 1.82) is 0 Å². The Morgan fingerprint density at radius 2 is 2.00 bits per heavy atom. The van der Waals surface area contributed by atoms with E-state index < -0.39 is 15.8 Å². The average molecular weight is 554 g/mol. The van der Waals surface area contributed by atoms with Crippen LogP contribution in [-0.2, 0) is 21.1 Å². The van der Waals surface area contributed by atoms with Crippen molar-refractivity contribution in [2.45, 2.75) is 49.5 Å². The van der Waals surface area contributed by atoms with E-state index in [0.717, 1.165) is 45.9 Å². The zero-order chi connectivity index (χ0) is 26.9. The van der Waals surface area contributed by atoms with E-state index in [4.69, 9.17) is 14.6 Å². The highest BCUT2D eigenvalue weighted by Gasteiger charge is 2.29. The second-order valence-corrected chi connectivity index (χ2v) is 13.3. The molecule has 0 saturated heterocycles. The van der Waals surface area contributed by atoms with Crippen LogP contribution in [0.5, 0.6) is 11.6 Å². The molecule has 2 aliphatic rings. The third-order valence-corrected chi connectivity index (χ3v) is 9.33. The molecule has 0 spiro atoms. The Labute approximate surface area is 227 Å². The first-order valence-corrected chi connectivity index (χ1v) is 15.8. The maximum Gasteiger partial charge on any atom is 0.303 e. The molecule has 2 aromatic carbocycles. The number of thioether (sulfide) groups is 1. The molecule has 9 heteroatoms. The number of ether oxygens (including phenoxy) is 2. The van der Waals surface area contributed by atoms with Crippen molar-refractivity contribution in [2.24, 2.45) is 0 Å². The number of pyridine rings is 1. The van der Waals surface area contributed by atoms with E-state index in [-0.39, 0.29) is 24.2 Å². The Kier molecular flexibility index (Phi) is 7.68. The first-order chi connectivity index (χ1) is 18.2. The predicted octanol–water partition coefficient (Wildman–Crippen LogP) is 5.60. The summed E-state index contributed by atoms with van der Waals surface area (Å²) in [6.45, 7) is 2.42. The van der Waals surface area contributed by atoms with Gasteiger partial charge in [-0.1, -0.05) is 24.3 Å². The third-order valence-electron chi connectivity index (χ3n) is 7.07. The molecule has 0 radical (unpaired) electrons. The monoisotopic (exact) mass is 553 g/mol. The fourth-order valence-electron chi connectivity index (χ4n) is 5.26. The second-order valence-electron chi connectivity index (χ2n) is 9.99. The lowest BCUT2D eigenvalue weighted by atomic mass is 9.93.